The third kappa shape index (κ3) is 2.45. The molecule has 0 aliphatic rings. The topological polar surface area (TPSA) is 62.7 Å². The van der Waals surface area contributed by atoms with Gasteiger partial charge in [-0.05, 0) is 36.6 Å². The number of rotatable bonds is 2. The van der Waals surface area contributed by atoms with Crippen molar-refractivity contribution in [3.63, 3.8) is 0 Å². The standard InChI is InChI=1S/C15H13Cl2N3/c1-3-13-8(2)14(10(7-18)15(19)20-13)9-4-5-11(16)12(17)6-9/h4-6H,3H2,1-2H3,(H2,19,20). The molecule has 0 unspecified atom stereocenters. The van der Waals surface area contributed by atoms with Gasteiger partial charge in [-0.1, -0.05) is 36.2 Å². The van der Waals surface area contributed by atoms with Gasteiger partial charge in [0.1, 0.15) is 17.5 Å². The van der Waals surface area contributed by atoms with Crippen molar-refractivity contribution < 1.29 is 0 Å². The zero-order chi connectivity index (χ0) is 14.9. The van der Waals surface area contributed by atoms with Crippen LogP contribution in [0.3, 0.4) is 0 Å². The minimum Gasteiger partial charge on any atom is -0.383 e. The molecule has 2 rings (SSSR count). The zero-order valence-electron chi connectivity index (χ0n) is 11.2. The summed E-state index contributed by atoms with van der Waals surface area (Å²) in [5.41, 5.74) is 9.67. The Morgan fingerprint density at radius 2 is 2.00 bits per heavy atom. The van der Waals surface area contributed by atoms with Crippen LogP contribution >= 0.6 is 23.2 Å². The molecule has 0 saturated carbocycles. The Balaban J connectivity index is 2.81. The van der Waals surface area contributed by atoms with E-state index in [4.69, 9.17) is 28.9 Å². The van der Waals surface area contributed by atoms with E-state index < -0.39 is 0 Å². The van der Waals surface area contributed by atoms with Gasteiger partial charge in [0.2, 0.25) is 0 Å². The molecule has 1 aromatic heterocycles. The summed E-state index contributed by atoms with van der Waals surface area (Å²) in [7, 11) is 0. The number of pyridine rings is 1. The van der Waals surface area contributed by atoms with Crippen LogP contribution in [0.15, 0.2) is 18.2 Å². The predicted molar refractivity (Wildman–Crippen MR) is 82.9 cm³/mol. The Kier molecular flexibility index (Phi) is 4.17. The molecule has 102 valence electrons. The molecule has 0 spiro atoms. The summed E-state index contributed by atoms with van der Waals surface area (Å²) in [6.07, 6.45) is 0.746. The number of nitrogens with zero attached hydrogens (tertiary/aromatic N) is 2. The number of hydrogen-bond donors (Lipinski definition) is 1. The first-order chi connectivity index (χ1) is 9.49. The second-order valence-corrected chi connectivity index (χ2v) is 5.23. The number of hydrogen-bond acceptors (Lipinski definition) is 3. The molecule has 0 saturated heterocycles. The molecule has 20 heavy (non-hydrogen) atoms. The largest absolute Gasteiger partial charge is 0.383 e. The Labute approximate surface area is 128 Å². The third-order valence-corrected chi connectivity index (χ3v) is 3.96. The highest BCUT2D eigenvalue weighted by Crippen LogP contribution is 2.35. The fourth-order valence-electron chi connectivity index (χ4n) is 2.21. The number of benzene rings is 1. The number of aromatic nitrogens is 1. The van der Waals surface area contributed by atoms with Crippen molar-refractivity contribution in [2.45, 2.75) is 20.3 Å². The normalized spacial score (nSPS) is 10.3. The van der Waals surface area contributed by atoms with Crippen molar-refractivity contribution in [2.75, 3.05) is 5.73 Å². The smallest absolute Gasteiger partial charge is 0.142 e. The van der Waals surface area contributed by atoms with Gasteiger partial charge in [0.05, 0.1) is 10.0 Å². The van der Waals surface area contributed by atoms with Crippen LogP contribution in [0.5, 0.6) is 0 Å². The van der Waals surface area contributed by atoms with Crippen LogP contribution in [-0.4, -0.2) is 4.98 Å². The lowest BCUT2D eigenvalue weighted by Gasteiger charge is -2.14. The fraction of sp³-hybridized carbons (Fsp3) is 0.200. The van der Waals surface area contributed by atoms with Crippen LogP contribution in [0.2, 0.25) is 10.0 Å². The maximum Gasteiger partial charge on any atom is 0.142 e. The van der Waals surface area contributed by atoms with Gasteiger partial charge >= 0.3 is 0 Å². The summed E-state index contributed by atoms with van der Waals surface area (Å²) in [4.78, 5) is 4.28. The van der Waals surface area contributed by atoms with Gasteiger partial charge in [0.15, 0.2) is 0 Å². The molecule has 2 N–H and O–H groups in total. The van der Waals surface area contributed by atoms with E-state index in [0.717, 1.165) is 28.8 Å². The van der Waals surface area contributed by atoms with Crippen LogP contribution in [0, 0.1) is 18.3 Å². The van der Waals surface area contributed by atoms with E-state index in [2.05, 4.69) is 11.1 Å². The van der Waals surface area contributed by atoms with E-state index in [9.17, 15) is 5.26 Å². The van der Waals surface area contributed by atoms with Crippen molar-refractivity contribution in [1.29, 1.82) is 5.26 Å². The maximum atomic E-state index is 9.34. The van der Waals surface area contributed by atoms with Gasteiger partial charge in [-0.25, -0.2) is 4.98 Å². The van der Waals surface area contributed by atoms with Crippen LogP contribution in [-0.2, 0) is 6.42 Å². The number of nitriles is 1. The molecule has 1 heterocycles. The molecule has 0 fully saturated rings. The van der Waals surface area contributed by atoms with Gasteiger partial charge in [-0.2, -0.15) is 5.26 Å². The Morgan fingerprint density at radius 1 is 1.30 bits per heavy atom. The molecule has 0 aliphatic carbocycles. The van der Waals surface area contributed by atoms with E-state index in [-0.39, 0.29) is 5.82 Å². The molecule has 3 nitrogen and oxygen atoms in total. The van der Waals surface area contributed by atoms with Crippen LogP contribution in [0.4, 0.5) is 5.82 Å². The highest BCUT2D eigenvalue weighted by Gasteiger charge is 2.17. The average molecular weight is 306 g/mol. The summed E-state index contributed by atoms with van der Waals surface area (Å²) >= 11 is 12.0. The highest BCUT2D eigenvalue weighted by atomic mass is 35.5. The van der Waals surface area contributed by atoms with E-state index in [1.54, 1.807) is 12.1 Å². The van der Waals surface area contributed by atoms with Crippen molar-refractivity contribution in [2.24, 2.45) is 0 Å². The molecule has 2 aromatic rings. The molecule has 0 radical (unpaired) electrons. The van der Waals surface area contributed by atoms with E-state index in [1.165, 1.54) is 0 Å². The van der Waals surface area contributed by atoms with Crippen LogP contribution in [0.1, 0.15) is 23.7 Å². The molecule has 5 heteroatoms. The van der Waals surface area contributed by atoms with Crippen molar-refractivity contribution in [1.82, 2.24) is 4.98 Å². The maximum absolute atomic E-state index is 9.34. The number of aryl methyl sites for hydroxylation is 1. The Hall–Kier alpha value is -1.76. The molecular weight excluding hydrogens is 293 g/mol. The average Bonchev–Trinajstić information content (AvgIpc) is 2.43. The molecule has 0 bridgehead atoms. The second-order valence-electron chi connectivity index (χ2n) is 4.41. The van der Waals surface area contributed by atoms with Crippen LogP contribution in [0.25, 0.3) is 11.1 Å². The highest BCUT2D eigenvalue weighted by molar-refractivity contribution is 6.42. The Bertz CT molecular complexity index is 717. The van der Waals surface area contributed by atoms with Gasteiger partial charge in [-0.15, -0.1) is 0 Å². The summed E-state index contributed by atoms with van der Waals surface area (Å²) in [6.45, 7) is 3.93. The quantitative estimate of drug-likeness (QED) is 0.895. The number of nitrogens with two attached hydrogens (primary N) is 1. The molecule has 0 atom stereocenters. The van der Waals surface area contributed by atoms with Gasteiger partial charge < -0.3 is 5.73 Å². The second kappa shape index (κ2) is 5.70. The first kappa shape index (κ1) is 14.6. The lowest BCUT2D eigenvalue weighted by molar-refractivity contribution is 1.01. The van der Waals surface area contributed by atoms with E-state index >= 15 is 0 Å². The minimum atomic E-state index is 0.246. The molecular formula is C15H13Cl2N3. The lowest BCUT2D eigenvalue weighted by Crippen LogP contribution is -2.04. The molecule has 0 aliphatic heterocycles. The zero-order valence-corrected chi connectivity index (χ0v) is 12.7. The monoisotopic (exact) mass is 305 g/mol. The molecule has 1 aromatic carbocycles. The van der Waals surface area contributed by atoms with Crippen LogP contribution < -0.4 is 5.73 Å². The first-order valence-corrected chi connectivity index (χ1v) is 6.89. The number of halogens is 2. The SMILES string of the molecule is CCc1nc(N)c(C#N)c(-c2ccc(Cl)c(Cl)c2)c1C. The summed E-state index contributed by atoms with van der Waals surface area (Å²) in [5.74, 6) is 0.246. The van der Waals surface area contributed by atoms with Crippen molar-refractivity contribution >= 4 is 29.0 Å². The van der Waals surface area contributed by atoms with E-state index in [1.807, 2.05) is 19.9 Å². The summed E-state index contributed by atoms with van der Waals surface area (Å²) in [5, 5.41) is 10.3. The predicted octanol–water partition coefficient (Wildman–Crippen LogP) is 4.38. The minimum absolute atomic E-state index is 0.246. The number of nitrogen functional groups attached to an aromatic ring is 1. The third-order valence-electron chi connectivity index (χ3n) is 3.22. The van der Waals surface area contributed by atoms with Gasteiger partial charge in [0, 0.05) is 11.3 Å². The van der Waals surface area contributed by atoms with Gasteiger partial charge in [0.25, 0.3) is 0 Å². The summed E-state index contributed by atoms with van der Waals surface area (Å²) in [6, 6.07) is 7.41. The molecule has 0 amide bonds. The first-order valence-electron chi connectivity index (χ1n) is 6.14. The van der Waals surface area contributed by atoms with E-state index in [0.29, 0.717) is 15.6 Å². The summed E-state index contributed by atoms with van der Waals surface area (Å²) < 4.78 is 0. The lowest BCUT2D eigenvalue weighted by atomic mass is 9.94. The van der Waals surface area contributed by atoms with Gasteiger partial charge in [-0.3, -0.25) is 0 Å². The van der Waals surface area contributed by atoms with Crippen molar-refractivity contribution in [3.05, 3.63) is 45.1 Å². The fourth-order valence-corrected chi connectivity index (χ4v) is 2.51. The van der Waals surface area contributed by atoms with Crippen molar-refractivity contribution in [3.8, 4) is 17.2 Å². The Morgan fingerprint density at radius 3 is 2.55 bits per heavy atom. The number of anilines is 1.